The SMILES string of the molecule is CC(C)CC(=O)N(C)c1cnc(NNC(=S)Nc2nccc3c2Cc2cccc(F)c2CC3)c(Cl)c1. The van der Waals surface area contributed by atoms with E-state index in [4.69, 9.17) is 23.8 Å². The van der Waals surface area contributed by atoms with Gasteiger partial charge in [-0.05, 0) is 65.9 Å². The summed E-state index contributed by atoms with van der Waals surface area (Å²) in [5, 5.41) is 3.72. The van der Waals surface area contributed by atoms with E-state index in [2.05, 4.69) is 26.1 Å². The molecular formula is C26H28ClFN6OS. The second-order valence-corrected chi connectivity index (χ2v) is 9.95. The van der Waals surface area contributed by atoms with Crippen LogP contribution in [0.2, 0.25) is 5.02 Å². The van der Waals surface area contributed by atoms with E-state index in [-0.39, 0.29) is 22.8 Å². The van der Waals surface area contributed by atoms with Gasteiger partial charge in [0.05, 0.1) is 16.9 Å². The van der Waals surface area contributed by atoms with Crippen LogP contribution in [0.25, 0.3) is 0 Å². The first-order valence-electron chi connectivity index (χ1n) is 11.7. The average Bonchev–Trinajstić information content (AvgIpc) is 3.03. The highest BCUT2D eigenvalue weighted by Crippen LogP contribution is 2.30. The van der Waals surface area contributed by atoms with Crippen molar-refractivity contribution in [3.63, 3.8) is 0 Å². The maximum Gasteiger partial charge on any atom is 0.227 e. The lowest BCUT2D eigenvalue weighted by Gasteiger charge is -2.19. The van der Waals surface area contributed by atoms with E-state index < -0.39 is 0 Å². The first kappa shape index (κ1) is 25.8. The van der Waals surface area contributed by atoms with Crippen molar-refractivity contribution in [3.05, 3.63) is 75.8 Å². The summed E-state index contributed by atoms with van der Waals surface area (Å²) in [6.45, 7) is 3.99. The van der Waals surface area contributed by atoms with Crippen LogP contribution in [0.4, 0.5) is 21.7 Å². The Bertz CT molecular complexity index is 1300. The molecule has 188 valence electrons. The third-order valence-corrected chi connectivity index (χ3v) is 6.57. The average molecular weight is 527 g/mol. The first-order valence-corrected chi connectivity index (χ1v) is 12.5. The Labute approximate surface area is 220 Å². The van der Waals surface area contributed by atoms with Crippen molar-refractivity contribution < 1.29 is 9.18 Å². The van der Waals surface area contributed by atoms with Crippen LogP contribution in [0.1, 0.15) is 42.5 Å². The molecule has 0 fully saturated rings. The number of halogens is 2. The fourth-order valence-corrected chi connectivity index (χ4v) is 4.51. The molecular weight excluding hydrogens is 499 g/mol. The van der Waals surface area contributed by atoms with Crippen LogP contribution in [0.15, 0.2) is 42.7 Å². The quantitative estimate of drug-likeness (QED) is 0.298. The Hall–Kier alpha value is -3.30. The zero-order valence-corrected chi connectivity index (χ0v) is 21.9. The van der Waals surface area contributed by atoms with Crippen LogP contribution < -0.4 is 21.1 Å². The number of pyridine rings is 2. The molecule has 0 saturated heterocycles. The van der Waals surface area contributed by atoms with Gasteiger partial charge in [0, 0.05) is 31.6 Å². The van der Waals surface area contributed by atoms with E-state index in [1.807, 2.05) is 26.0 Å². The fourth-order valence-electron chi connectivity index (χ4n) is 4.16. The molecule has 7 nitrogen and oxygen atoms in total. The molecule has 1 aromatic carbocycles. The normalized spacial score (nSPS) is 12.3. The second kappa shape index (κ2) is 11.2. The number of carbonyl (C=O) groups excluding carboxylic acids is 1. The van der Waals surface area contributed by atoms with E-state index >= 15 is 0 Å². The zero-order chi connectivity index (χ0) is 25.8. The van der Waals surface area contributed by atoms with E-state index in [9.17, 15) is 9.18 Å². The molecule has 36 heavy (non-hydrogen) atoms. The number of nitrogens with one attached hydrogen (secondary N) is 3. The van der Waals surface area contributed by atoms with E-state index in [0.717, 1.165) is 28.7 Å². The molecule has 0 radical (unpaired) electrons. The van der Waals surface area contributed by atoms with Crippen molar-refractivity contribution in [3.8, 4) is 0 Å². The van der Waals surface area contributed by atoms with Crippen molar-refractivity contribution >= 4 is 52.2 Å². The summed E-state index contributed by atoms with van der Waals surface area (Å²) < 4.78 is 14.3. The zero-order valence-electron chi connectivity index (χ0n) is 20.4. The predicted molar refractivity (Wildman–Crippen MR) is 146 cm³/mol. The van der Waals surface area contributed by atoms with Gasteiger partial charge in [-0.1, -0.05) is 37.6 Å². The van der Waals surface area contributed by atoms with E-state index in [0.29, 0.717) is 41.6 Å². The van der Waals surface area contributed by atoms with Gasteiger partial charge in [0.15, 0.2) is 10.9 Å². The van der Waals surface area contributed by atoms with Crippen LogP contribution in [-0.2, 0) is 24.1 Å². The van der Waals surface area contributed by atoms with Gasteiger partial charge >= 0.3 is 0 Å². The number of aryl methyl sites for hydroxylation is 1. The molecule has 2 heterocycles. The molecule has 3 N–H and O–H groups in total. The summed E-state index contributed by atoms with van der Waals surface area (Å²) >= 11 is 11.8. The Morgan fingerprint density at radius 3 is 2.72 bits per heavy atom. The van der Waals surface area contributed by atoms with E-state index in [1.165, 1.54) is 6.07 Å². The maximum atomic E-state index is 14.3. The largest absolute Gasteiger partial charge is 0.316 e. The van der Waals surface area contributed by atoms with E-state index in [1.54, 1.807) is 36.5 Å². The van der Waals surface area contributed by atoms with Crippen molar-refractivity contribution in [1.82, 2.24) is 15.4 Å². The van der Waals surface area contributed by atoms with Crippen LogP contribution in [0, 0.1) is 11.7 Å². The van der Waals surface area contributed by atoms with Gasteiger partial charge in [0.2, 0.25) is 5.91 Å². The molecule has 0 unspecified atom stereocenters. The number of benzene rings is 1. The van der Waals surface area contributed by atoms with Gasteiger partial charge in [-0.3, -0.25) is 15.6 Å². The Morgan fingerprint density at radius 1 is 1.17 bits per heavy atom. The number of hydrogen-bond acceptors (Lipinski definition) is 5. The molecule has 3 aromatic rings. The standard InChI is InChI=1S/C26H28ClFN6OS/c1-15(2)11-23(35)34(3)18-13-21(27)25(30-14-18)32-33-26(36)31-24-20-12-17-5-4-6-22(28)19(17)8-7-16(20)9-10-29-24/h4-6,9-10,13-15H,7-8,11-12H2,1-3H3,(H,30,32)(H2,29,31,33,36). The molecule has 0 spiro atoms. The van der Waals surface area contributed by atoms with Gasteiger partial charge in [0.25, 0.3) is 0 Å². The number of hydrazine groups is 1. The molecule has 1 amide bonds. The Balaban J connectivity index is 1.42. The number of fused-ring (bicyclic) bond motifs is 2. The molecule has 0 atom stereocenters. The number of hydrogen-bond donors (Lipinski definition) is 3. The lowest BCUT2D eigenvalue weighted by atomic mass is 10.0. The van der Waals surface area contributed by atoms with Gasteiger partial charge in [-0.25, -0.2) is 14.4 Å². The highest BCUT2D eigenvalue weighted by Gasteiger charge is 2.20. The van der Waals surface area contributed by atoms with Gasteiger partial charge < -0.3 is 10.2 Å². The number of amides is 1. The summed E-state index contributed by atoms with van der Waals surface area (Å²) in [6.07, 6.45) is 5.65. The minimum Gasteiger partial charge on any atom is -0.316 e. The van der Waals surface area contributed by atoms with Crippen molar-refractivity contribution in [2.75, 3.05) is 22.7 Å². The molecule has 4 rings (SSSR count). The highest BCUT2D eigenvalue weighted by atomic mass is 35.5. The summed E-state index contributed by atoms with van der Waals surface area (Å²) in [5.41, 5.74) is 10.2. The number of anilines is 3. The third kappa shape index (κ3) is 5.91. The molecule has 10 heteroatoms. The lowest BCUT2D eigenvalue weighted by Crippen LogP contribution is -2.34. The number of rotatable bonds is 6. The van der Waals surface area contributed by atoms with Crippen LogP contribution in [-0.4, -0.2) is 28.0 Å². The molecule has 0 bridgehead atoms. The first-order chi connectivity index (χ1) is 17.2. The minimum atomic E-state index is -0.171. The number of thiocarbonyl (C=S) groups is 1. The monoisotopic (exact) mass is 526 g/mol. The van der Waals surface area contributed by atoms with Crippen molar-refractivity contribution in [2.24, 2.45) is 5.92 Å². The molecule has 0 saturated carbocycles. The predicted octanol–water partition coefficient (Wildman–Crippen LogP) is 5.28. The number of carbonyl (C=O) groups is 1. The van der Waals surface area contributed by atoms with Crippen molar-refractivity contribution in [1.29, 1.82) is 0 Å². The summed E-state index contributed by atoms with van der Waals surface area (Å²) in [4.78, 5) is 22.7. The molecule has 0 aliphatic heterocycles. The molecule has 1 aliphatic rings. The molecule has 2 aromatic heterocycles. The lowest BCUT2D eigenvalue weighted by molar-refractivity contribution is -0.119. The smallest absolute Gasteiger partial charge is 0.227 e. The summed E-state index contributed by atoms with van der Waals surface area (Å²) in [7, 11) is 1.70. The maximum absolute atomic E-state index is 14.3. The van der Waals surface area contributed by atoms with Crippen LogP contribution >= 0.6 is 23.8 Å². The molecule has 1 aliphatic carbocycles. The van der Waals surface area contributed by atoms with Crippen molar-refractivity contribution in [2.45, 2.75) is 39.5 Å². The second-order valence-electron chi connectivity index (χ2n) is 9.13. The topological polar surface area (TPSA) is 82.2 Å². The summed E-state index contributed by atoms with van der Waals surface area (Å²) in [5.74, 6) is 1.05. The van der Waals surface area contributed by atoms with Gasteiger partial charge in [-0.15, -0.1) is 0 Å². The fraction of sp³-hybridized carbons (Fsp3) is 0.308. The number of nitrogens with zero attached hydrogens (tertiary/aromatic N) is 3. The third-order valence-electron chi connectivity index (χ3n) is 6.08. The Kier molecular flexibility index (Phi) is 8.01. The highest BCUT2D eigenvalue weighted by molar-refractivity contribution is 7.80. The van der Waals surface area contributed by atoms with Crippen LogP contribution in [0.3, 0.4) is 0 Å². The number of aromatic nitrogens is 2. The Morgan fingerprint density at radius 2 is 1.97 bits per heavy atom. The van der Waals surface area contributed by atoms with Gasteiger partial charge in [0.1, 0.15) is 11.6 Å². The minimum absolute atomic E-state index is 0.00747. The van der Waals surface area contributed by atoms with Gasteiger partial charge in [-0.2, -0.15) is 0 Å². The summed E-state index contributed by atoms with van der Waals surface area (Å²) in [6, 6.07) is 8.83. The van der Waals surface area contributed by atoms with Crippen LogP contribution in [0.5, 0.6) is 0 Å².